The summed E-state index contributed by atoms with van der Waals surface area (Å²) in [5.41, 5.74) is 2.19. The van der Waals surface area contributed by atoms with E-state index in [2.05, 4.69) is 21.2 Å². The van der Waals surface area contributed by atoms with Gasteiger partial charge < -0.3 is 15.0 Å². The normalized spacial score (nSPS) is 10.1. The number of rotatable bonds is 6. The monoisotopic (exact) mass is 362 g/mol. The molecule has 5 heteroatoms. The number of halogens is 1. The second kappa shape index (κ2) is 7.84. The van der Waals surface area contributed by atoms with Crippen LogP contribution in [-0.4, -0.2) is 26.6 Å². The Morgan fingerprint density at radius 1 is 1.18 bits per heavy atom. The predicted molar refractivity (Wildman–Crippen MR) is 92.3 cm³/mol. The SMILES string of the molecule is CN(C)c1ccc(CNC(=O)COc2cccc(Br)c2)cc1. The number of benzene rings is 2. The lowest BCUT2D eigenvalue weighted by Crippen LogP contribution is -2.28. The smallest absolute Gasteiger partial charge is 0.258 e. The van der Waals surface area contributed by atoms with Crippen LogP contribution in [0.3, 0.4) is 0 Å². The molecule has 0 saturated carbocycles. The molecule has 0 bridgehead atoms. The van der Waals surface area contributed by atoms with Crippen LogP contribution in [0.1, 0.15) is 5.56 Å². The minimum Gasteiger partial charge on any atom is -0.484 e. The van der Waals surface area contributed by atoms with Crippen LogP contribution >= 0.6 is 15.9 Å². The molecule has 2 aromatic rings. The van der Waals surface area contributed by atoms with E-state index in [9.17, 15) is 4.79 Å². The molecule has 0 aliphatic heterocycles. The van der Waals surface area contributed by atoms with Crippen LogP contribution in [-0.2, 0) is 11.3 Å². The lowest BCUT2D eigenvalue weighted by atomic mass is 10.2. The summed E-state index contributed by atoms with van der Waals surface area (Å²) in [7, 11) is 3.99. The van der Waals surface area contributed by atoms with Crippen LogP contribution in [0.2, 0.25) is 0 Å². The lowest BCUT2D eigenvalue weighted by Gasteiger charge is -2.13. The number of carbonyl (C=O) groups is 1. The number of hydrogen-bond donors (Lipinski definition) is 1. The third-order valence-corrected chi connectivity index (χ3v) is 3.60. The molecule has 0 aliphatic carbocycles. The fourth-order valence-corrected chi connectivity index (χ4v) is 2.25. The average Bonchev–Trinajstić information content (AvgIpc) is 2.51. The number of anilines is 1. The standard InChI is InChI=1S/C17H19BrN2O2/c1-20(2)15-8-6-13(7-9-15)11-19-17(21)12-22-16-5-3-4-14(18)10-16/h3-10H,11-12H2,1-2H3,(H,19,21). The summed E-state index contributed by atoms with van der Waals surface area (Å²) >= 11 is 3.36. The van der Waals surface area contributed by atoms with Crippen molar-refractivity contribution in [2.75, 3.05) is 25.6 Å². The third kappa shape index (κ3) is 5.07. The highest BCUT2D eigenvalue weighted by atomic mass is 79.9. The second-order valence-corrected chi connectivity index (χ2v) is 6.00. The van der Waals surface area contributed by atoms with Crippen LogP contribution in [0.4, 0.5) is 5.69 Å². The molecule has 0 aromatic heterocycles. The zero-order chi connectivity index (χ0) is 15.9. The van der Waals surface area contributed by atoms with Gasteiger partial charge in [0.1, 0.15) is 5.75 Å². The Bertz CT molecular complexity index is 627. The molecule has 4 nitrogen and oxygen atoms in total. The number of nitrogens with zero attached hydrogens (tertiary/aromatic N) is 1. The molecule has 116 valence electrons. The summed E-state index contributed by atoms with van der Waals surface area (Å²) in [5, 5.41) is 2.84. The first kappa shape index (κ1) is 16.4. The molecule has 0 saturated heterocycles. The second-order valence-electron chi connectivity index (χ2n) is 5.08. The van der Waals surface area contributed by atoms with Gasteiger partial charge in [0, 0.05) is 30.8 Å². The maximum atomic E-state index is 11.8. The van der Waals surface area contributed by atoms with Crippen molar-refractivity contribution in [3.8, 4) is 5.75 Å². The Hall–Kier alpha value is -2.01. The van der Waals surface area contributed by atoms with E-state index in [1.54, 1.807) is 0 Å². The van der Waals surface area contributed by atoms with Crippen molar-refractivity contribution in [3.05, 3.63) is 58.6 Å². The van der Waals surface area contributed by atoms with Gasteiger partial charge >= 0.3 is 0 Å². The van der Waals surface area contributed by atoms with Crippen LogP contribution < -0.4 is 15.0 Å². The maximum Gasteiger partial charge on any atom is 0.258 e. The summed E-state index contributed by atoms with van der Waals surface area (Å²) in [6, 6.07) is 15.5. The van der Waals surface area contributed by atoms with Gasteiger partial charge in [-0.1, -0.05) is 34.1 Å². The largest absolute Gasteiger partial charge is 0.484 e. The minimum absolute atomic E-state index is 0.00619. The molecule has 0 heterocycles. The predicted octanol–water partition coefficient (Wildman–Crippen LogP) is 3.21. The summed E-state index contributed by atoms with van der Waals surface area (Å²) < 4.78 is 6.36. The lowest BCUT2D eigenvalue weighted by molar-refractivity contribution is -0.123. The fraction of sp³-hybridized carbons (Fsp3) is 0.235. The average molecular weight is 363 g/mol. The van der Waals surface area contributed by atoms with Gasteiger partial charge in [-0.25, -0.2) is 0 Å². The van der Waals surface area contributed by atoms with Gasteiger partial charge in [0.15, 0.2) is 6.61 Å². The molecule has 2 rings (SSSR count). The van der Waals surface area contributed by atoms with Gasteiger partial charge in [-0.15, -0.1) is 0 Å². The van der Waals surface area contributed by atoms with E-state index >= 15 is 0 Å². The summed E-state index contributed by atoms with van der Waals surface area (Å²) in [6.07, 6.45) is 0. The number of ether oxygens (including phenoxy) is 1. The highest BCUT2D eigenvalue weighted by Gasteiger charge is 2.03. The zero-order valence-corrected chi connectivity index (χ0v) is 14.3. The van der Waals surface area contributed by atoms with Crippen molar-refractivity contribution in [2.45, 2.75) is 6.54 Å². The van der Waals surface area contributed by atoms with Gasteiger partial charge in [0.05, 0.1) is 0 Å². The molecule has 0 unspecified atom stereocenters. The van der Waals surface area contributed by atoms with Gasteiger partial charge in [0.2, 0.25) is 0 Å². The fourth-order valence-electron chi connectivity index (χ4n) is 1.87. The van der Waals surface area contributed by atoms with Crippen molar-refractivity contribution in [2.24, 2.45) is 0 Å². The van der Waals surface area contributed by atoms with Crippen LogP contribution in [0, 0.1) is 0 Å². The highest BCUT2D eigenvalue weighted by molar-refractivity contribution is 9.10. The Labute approximate surface area is 139 Å². The molecule has 0 spiro atoms. The molecule has 2 aromatic carbocycles. The van der Waals surface area contributed by atoms with Crippen LogP contribution in [0.25, 0.3) is 0 Å². The Kier molecular flexibility index (Phi) is 5.83. The van der Waals surface area contributed by atoms with Crippen molar-refractivity contribution in [1.82, 2.24) is 5.32 Å². The molecule has 0 aliphatic rings. The van der Waals surface area contributed by atoms with E-state index in [-0.39, 0.29) is 12.5 Å². The Balaban J connectivity index is 1.77. The molecule has 1 amide bonds. The van der Waals surface area contributed by atoms with Crippen molar-refractivity contribution >= 4 is 27.5 Å². The Morgan fingerprint density at radius 2 is 1.91 bits per heavy atom. The molecular formula is C17H19BrN2O2. The van der Waals surface area contributed by atoms with Crippen molar-refractivity contribution < 1.29 is 9.53 Å². The summed E-state index contributed by atoms with van der Waals surface area (Å²) in [5.74, 6) is 0.525. The van der Waals surface area contributed by atoms with E-state index in [4.69, 9.17) is 4.74 Å². The maximum absolute atomic E-state index is 11.8. The van der Waals surface area contributed by atoms with E-state index in [1.165, 1.54) is 0 Å². The number of hydrogen-bond acceptors (Lipinski definition) is 3. The molecule has 0 fully saturated rings. The first-order chi connectivity index (χ1) is 10.5. The van der Waals surface area contributed by atoms with E-state index < -0.39 is 0 Å². The topological polar surface area (TPSA) is 41.6 Å². The zero-order valence-electron chi connectivity index (χ0n) is 12.7. The number of amides is 1. The van der Waals surface area contributed by atoms with Crippen molar-refractivity contribution in [1.29, 1.82) is 0 Å². The molecule has 0 radical (unpaired) electrons. The number of nitrogens with one attached hydrogen (secondary N) is 1. The quantitative estimate of drug-likeness (QED) is 0.857. The first-order valence-corrected chi connectivity index (χ1v) is 7.75. The van der Waals surface area contributed by atoms with Gasteiger partial charge in [-0.2, -0.15) is 0 Å². The van der Waals surface area contributed by atoms with Crippen LogP contribution in [0.15, 0.2) is 53.0 Å². The van der Waals surface area contributed by atoms with E-state index in [1.807, 2.05) is 67.5 Å². The highest BCUT2D eigenvalue weighted by Crippen LogP contribution is 2.17. The van der Waals surface area contributed by atoms with Gasteiger partial charge in [-0.05, 0) is 35.9 Å². The van der Waals surface area contributed by atoms with Gasteiger partial charge in [0.25, 0.3) is 5.91 Å². The van der Waals surface area contributed by atoms with Crippen LogP contribution in [0.5, 0.6) is 5.75 Å². The third-order valence-electron chi connectivity index (χ3n) is 3.11. The molecular weight excluding hydrogens is 344 g/mol. The first-order valence-electron chi connectivity index (χ1n) is 6.96. The number of carbonyl (C=O) groups excluding carboxylic acids is 1. The van der Waals surface area contributed by atoms with Gasteiger partial charge in [-0.3, -0.25) is 4.79 Å². The van der Waals surface area contributed by atoms with Crippen molar-refractivity contribution in [3.63, 3.8) is 0 Å². The molecule has 22 heavy (non-hydrogen) atoms. The Morgan fingerprint density at radius 3 is 2.55 bits per heavy atom. The summed E-state index contributed by atoms with van der Waals surface area (Å²) in [4.78, 5) is 13.8. The summed E-state index contributed by atoms with van der Waals surface area (Å²) in [6.45, 7) is 0.501. The molecule has 0 atom stereocenters. The molecule has 1 N–H and O–H groups in total. The van der Waals surface area contributed by atoms with E-state index in [0.29, 0.717) is 12.3 Å². The minimum atomic E-state index is -0.142. The van der Waals surface area contributed by atoms with E-state index in [0.717, 1.165) is 15.7 Å².